The molecule has 0 radical (unpaired) electrons. The maximum Gasteiger partial charge on any atom is 0.224 e. The van der Waals surface area contributed by atoms with Gasteiger partial charge in [-0.15, -0.1) is 0 Å². The van der Waals surface area contributed by atoms with Crippen LogP contribution >= 0.6 is 0 Å². The Balaban J connectivity index is 1.68. The normalized spacial score (nSPS) is 11.9. The molecule has 2 rings (SSSR count). The Kier molecular flexibility index (Phi) is 8.05. The van der Waals surface area contributed by atoms with Gasteiger partial charge in [-0.1, -0.05) is 63.2 Å². The zero-order chi connectivity index (χ0) is 19.6. The van der Waals surface area contributed by atoms with Crippen molar-refractivity contribution in [3.05, 3.63) is 65.7 Å². The van der Waals surface area contributed by atoms with Crippen molar-refractivity contribution in [3.8, 4) is 0 Å². The minimum absolute atomic E-state index is 0.00309. The van der Waals surface area contributed by atoms with Gasteiger partial charge in [-0.2, -0.15) is 0 Å². The van der Waals surface area contributed by atoms with Crippen LogP contribution in [0.15, 0.2) is 54.6 Å². The molecule has 0 heterocycles. The fourth-order valence-corrected chi connectivity index (χ4v) is 2.93. The number of amides is 2. The van der Waals surface area contributed by atoms with Crippen molar-refractivity contribution in [3.63, 3.8) is 0 Å². The van der Waals surface area contributed by atoms with Crippen molar-refractivity contribution in [1.82, 2.24) is 5.32 Å². The molecule has 2 aromatic rings. The molecule has 4 heteroatoms. The molecule has 27 heavy (non-hydrogen) atoms. The van der Waals surface area contributed by atoms with Crippen LogP contribution in [-0.2, 0) is 16.0 Å². The number of rotatable bonds is 9. The second kappa shape index (κ2) is 10.5. The van der Waals surface area contributed by atoms with Crippen LogP contribution in [0, 0.1) is 5.92 Å². The largest absolute Gasteiger partial charge is 0.356 e. The van der Waals surface area contributed by atoms with E-state index in [4.69, 9.17) is 0 Å². The summed E-state index contributed by atoms with van der Waals surface area (Å²) in [5, 5.41) is 5.84. The summed E-state index contributed by atoms with van der Waals surface area (Å²) in [5.41, 5.74) is 3.24. The smallest absolute Gasteiger partial charge is 0.224 e. The fourth-order valence-electron chi connectivity index (χ4n) is 2.93. The van der Waals surface area contributed by atoms with Crippen LogP contribution < -0.4 is 10.6 Å². The minimum atomic E-state index is -0.0584. The number of nitrogens with one attached hydrogen (secondary N) is 2. The van der Waals surface area contributed by atoms with Crippen molar-refractivity contribution in [2.75, 3.05) is 11.9 Å². The predicted octanol–water partition coefficient (Wildman–Crippen LogP) is 4.52. The second-order valence-electron chi connectivity index (χ2n) is 7.42. The van der Waals surface area contributed by atoms with E-state index < -0.39 is 0 Å². The van der Waals surface area contributed by atoms with E-state index in [2.05, 4.69) is 24.5 Å². The van der Waals surface area contributed by atoms with Gasteiger partial charge in [0.2, 0.25) is 11.8 Å². The molecule has 0 aromatic heterocycles. The highest BCUT2D eigenvalue weighted by Gasteiger charge is 2.13. The predicted molar refractivity (Wildman–Crippen MR) is 111 cm³/mol. The SMILES string of the molecule is CC(CC(=O)NCCc1ccccc1)CC(=O)Nc1ccc(C(C)C)cc1. The van der Waals surface area contributed by atoms with Crippen LogP contribution in [0.4, 0.5) is 5.69 Å². The molecule has 1 atom stereocenters. The molecular weight excluding hydrogens is 336 g/mol. The highest BCUT2D eigenvalue weighted by Crippen LogP contribution is 2.18. The summed E-state index contributed by atoms with van der Waals surface area (Å²) in [5.74, 6) is 0.399. The standard InChI is InChI=1S/C23H30N2O2/c1-17(2)20-9-11-21(12-10-20)25-23(27)16-18(3)15-22(26)24-14-13-19-7-5-4-6-8-19/h4-12,17-18H,13-16H2,1-3H3,(H,24,26)(H,25,27). The lowest BCUT2D eigenvalue weighted by Crippen LogP contribution is -2.28. The fraction of sp³-hybridized carbons (Fsp3) is 0.391. The number of anilines is 1. The highest BCUT2D eigenvalue weighted by molar-refractivity contribution is 5.91. The summed E-state index contributed by atoms with van der Waals surface area (Å²) in [4.78, 5) is 24.2. The highest BCUT2D eigenvalue weighted by atomic mass is 16.2. The monoisotopic (exact) mass is 366 g/mol. The number of benzene rings is 2. The Morgan fingerprint density at radius 1 is 0.852 bits per heavy atom. The van der Waals surface area contributed by atoms with Crippen LogP contribution in [-0.4, -0.2) is 18.4 Å². The van der Waals surface area contributed by atoms with E-state index in [9.17, 15) is 9.59 Å². The Hall–Kier alpha value is -2.62. The molecule has 144 valence electrons. The van der Waals surface area contributed by atoms with E-state index in [1.54, 1.807) is 0 Å². The van der Waals surface area contributed by atoms with Gasteiger partial charge in [-0.25, -0.2) is 0 Å². The Bertz CT molecular complexity index is 724. The van der Waals surface area contributed by atoms with Gasteiger partial charge >= 0.3 is 0 Å². The van der Waals surface area contributed by atoms with Crippen LogP contribution in [0.3, 0.4) is 0 Å². The van der Waals surface area contributed by atoms with E-state index in [0.29, 0.717) is 25.3 Å². The molecule has 2 amide bonds. The Labute approximate surface area is 162 Å². The van der Waals surface area contributed by atoms with E-state index in [1.807, 2.05) is 61.5 Å². The van der Waals surface area contributed by atoms with Crippen molar-refractivity contribution < 1.29 is 9.59 Å². The topological polar surface area (TPSA) is 58.2 Å². The first-order chi connectivity index (χ1) is 12.9. The molecule has 4 nitrogen and oxygen atoms in total. The molecule has 0 aliphatic heterocycles. The van der Waals surface area contributed by atoms with E-state index in [0.717, 1.165) is 12.1 Å². The van der Waals surface area contributed by atoms with E-state index in [1.165, 1.54) is 11.1 Å². The summed E-state index contributed by atoms with van der Waals surface area (Å²) < 4.78 is 0. The molecule has 0 saturated carbocycles. The molecule has 0 aliphatic rings. The molecule has 0 aliphatic carbocycles. The summed E-state index contributed by atoms with van der Waals surface area (Å²) in [7, 11) is 0. The zero-order valence-corrected chi connectivity index (χ0v) is 16.5. The maximum absolute atomic E-state index is 12.2. The summed E-state index contributed by atoms with van der Waals surface area (Å²) in [6.45, 7) is 6.82. The van der Waals surface area contributed by atoms with Gasteiger partial charge in [0, 0.05) is 25.1 Å². The van der Waals surface area contributed by atoms with Crippen LogP contribution in [0.25, 0.3) is 0 Å². The van der Waals surface area contributed by atoms with Gasteiger partial charge in [-0.3, -0.25) is 9.59 Å². The molecule has 1 unspecified atom stereocenters. The molecule has 0 fully saturated rings. The molecule has 0 spiro atoms. The Morgan fingerprint density at radius 2 is 1.48 bits per heavy atom. The summed E-state index contributed by atoms with van der Waals surface area (Å²) in [6, 6.07) is 18.0. The van der Waals surface area contributed by atoms with Gasteiger partial charge in [0.25, 0.3) is 0 Å². The van der Waals surface area contributed by atoms with E-state index >= 15 is 0 Å². The third kappa shape index (κ3) is 7.65. The third-order valence-corrected chi connectivity index (χ3v) is 4.51. The van der Waals surface area contributed by atoms with Crippen LogP contribution in [0.5, 0.6) is 0 Å². The van der Waals surface area contributed by atoms with Gasteiger partial charge in [0.15, 0.2) is 0 Å². The lowest BCUT2D eigenvalue weighted by atomic mass is 10.0. The average molecular weight is 367 g/mol. The molecule has 0 bridgehead atoms. The lowest BCUT2D eigenvalue weighted by Gasteiger charge is -2.13. The third-order valence-electron chi connectivity index (χ3n) is 4.51. The van der Waals surface area contributed by atoms with Gasteiger partial charge < -0.3 is 10.6 Å². The van der Waals surface area contributed by atoms with Crippen LogP contribution in [0.2, 0.25) is 0 Å². The molecular formula is C23H30N2O2. The van der Waals surface area contributed by atoms with Crippen LogP contribution in [0.1, 0.15) is 50.7 Å². The number of hydrogen-bond acceptors (Lipinski definition) is 2. The van der Waals surface area contributed by atoms with Gasteiger partial charge in [0.1, 0.15) is 0 Å². The second-order valence-corrected chi connectivity index (χ2v) is 7.42. The van der Waals surface area contributed by atoms with E-state index in [-0.39, 0.29) is 17.7 Å². The van der Waals surface area contributed by atoms with Crippen molar-refractivity contribution in [2.24, 2.45) is 5.92 Å². The number of carbonyl (C=O) groups is 2. The first-order valence-electron chi connectivity index (χ1n) is 9.64. The number of hydrogen-bond donors (Lipinski definition) is 2. The first-order valence-corrected chi connectivity index (χ1v) is 9.64. The maximum atomic E-state index is 12.2. The first kappa shape index (κ1) is 20.7. The summed E-state index contributed by atoms with van der Waals surface area (Å²) in [6.07, 6.45) is 1.50. The Morgan fingerprint density at radius 3 is 2.11 bits per heavy atom. The lowest BCUT2D eigenvalue weighted by molar-refractivity contribution is -0.122. The minimum Gasteiger partial charge on any atom is -0.356 e. The number of carbonyl (C=O) groups excluding carboxylic acids is 2. The quantitative estimate of drug-likeness (QED) is 0.685. The molecule has 2 aromatic carbocycles. The van der Waals surface area contributed by atoms with Crippen molar-refractivity contribution in [2.45, 2.75) is 46.0 Å². The van der Waals surface area contributed by atoms with Gasteiger partial charge in [0.05, 0.1) is 0 Å². The molecule has 2 N–H and O–H groups in total. The van der Waals surface area contributed by atoms with Crippen molar-refractivity contribution in [1.29, 1.82) is 0 Å². The average Bonchev–Trinajstić information content (AvgIpc) is 2.62. The van der Waals surface area contributed by atoms with Gasteiger partial charge in [-0.05, 0) is 41.5 Å². The summed E-state index contributed by atoms with van der Waals surface area (Å²) >= 11 is 0. The zero-order valence-electron chi connectivity index (χ0n) is 16.5. The molecule has 0 saturated heterocycles. The van der Waals surface area contributed by atoms with Crippen molar-refractivity contribution >= 4 is 17.5 Å².